The molecule has 1 N–H and O–H groups in total. The van der Waals surface area contributed by atoms with E-state index < -0.39 is 0 Å². The Morgan fingerprint density at radius 3 is 2.68 bits per heavy atom. The summed E-state index contributed by atoms with van der Waals surface area (Å²) < 4.78 is 4.89. The second-order valence-electron chi connectivity index (χ2n) is 4.71. The molecule has 0 radical (unpaired) electrons. The summed E-state index contributed by atoms with van der Waals surface area (Å²) in [7, 11) is 1.59. The Balaban J connectivity index is 2.20. The van der Waals surface area contributed by atoms with Gasteiger partial charge < -0.3 is 15.0 Å². The highest BCUT2D eigenvalue weighted by molar-refractivity contribution is 5.78. The molecule has 0 bridgehead atoms. The van der Waals surface area contributed by atoms with Crippen LogP contribution in [0.3, 0.4) is 0 Å². The smallest absolute Gasteiger partial charge is 0.234 e. The van der Waals surface area contributed by atoms with E-state index in [1.165, 1.54) is 0 Å². The van der Waals surface area contributed by atoms with Gasteiger partial charge in [0.15, 0.2) is 0 Å². The lowest BCUT2D eigenvalue weighted by atomic mass is 9.96. The standard InChI is InChI=1S/C13H21N3O3/c1-19-9-5-13(18)16-7-3-11(4-8-16)10-15-12(17)2-6-14/h11H,2-5,7-10H2,1H3,(H,15,17). The molecule has 0 aromatic carbocycles. The molecule has 2 amide bonds. The lowest BCUT2D eigenvalue weighted by molar-refractivity contribution is -0.133. The van der Waals surface area contributed by atoms with Crippen LogP contribution in [0, 0.1) is 17.2 Å². The molecule has 1 saturated heterocycles. The summed E-state index contributed by atoms with van der Waals surface area (Å²) in [6, 6.07) is 1.82. The van der Waals surface area contributed by atoms with Gasteiger partial charge in [0, 0.05) is 26.7 Å². The molecule has 6 heteroatoms. The van der Waals surface area contributed by atoms with Crippen LogP contribution in [0.5, 0.6) is 0 Å². The average Bonchev–Trinajstić information content (AvgIpc) is 2.43. The minimum Gasteiger partial charge on any atom is -0.384 e. The van der Waals surface area contributed by atoms with E-state index in [1.807, 2.05) is 11.0 Å². The van der Waals surface area contributed by atoms with E-state index in [-0.39, 0.29) is 18.2 Å². The molecule has 0 aromatic heterocycles. The number of nitriles is 1. The number of carbonyl (C=O) groups excluding carboxylic acids is 2. The summed E-state index contributed by atoms with van der Waals surface area (Å²) in [5, 5.41) is 11.1. The fourth-order valence-corrected chi connectivity index (χ4v) is 2.13. The van der Waals surface area contributed by atoms with Gasteiger partial charge in [-0.25, -0.2) is 0 Å². The highest BCUT2D eigenvalue weighted by atomic mass is 16.5. The Morgan fingerprint density at radius 2 is 2.11 bits per heavy atom. The number of carbonyl (C=O) groups is 2. The van der Waals surface area contributed by atoms with Gasteiger partial charge in [-0.05, 0) is 18.8 Å². The van der Waals surface area contributed by atoms with Crippen LogP contribution in [-0.2, 0) is 14.3 Å². The van der Waals surface area contributed by atoms with E-state index in [4.69, 9.17) is 10.00 Å². The van der Waals surface area contributed by atoms with Crippen molar-refractivity contribution in [1.29, 1.82) is 5.26 Å². The molecule has 0 aliphatic carbocycles. The summed E-state index contributed by atoms with van der Waals surface area (Å²) in [5.41, 5.74) is 0. The summed E-state index contributed by atoms with van der Waals surface area (Å²) in [4.78, 5) is 24.8. The maximum atomic E-state index is 11.8. The number of amides is 2. The van der Waals surface area contributed by atoms with Crippen molar-refractivity contribution in [1.82, 2.24) is 10.2 Å². The van der Waals surface area contributed by atoms with Crippen molar-refractivity contribution in [2.75, 3.05) is 33.4 Å². The highest BCUT2D eigenvalue weighted by Crippen LogP contribution is 2.17. The Hall–Kier alpha value is -1.61. The number of ether oxygens (including phenoxy) is 1. The van der Waals surface area contributed by atoms with Gasteiger partial charge in [0.05, 0.1) is 19.1 Å². The van der Waals surface area contributed by atoms with Crippen LogP contribution in [0.15, 0.2) is 0 Å². The molecule has 1 heterocycles. The summed E-state index contributed by atoms with van der Waals surface area (Å²) in [6.45, 7) is 2.53. The van der Waals surface area contributed by atoms with Crippen LogP contribution in [0.2, 0.25) is 0 Å². The molecule has 0 spiro atoms. The van der Waals surface area contributed by atoms with Crippen molar-refractivity contribution in [2.24, 2.45) is 5.92 Å². The van der Waals surface area contributed by atoms with Crippen molar-refractivity contribution < 1.29 is 14.3 Å². The number of piperidine rings is 1. The molecular formula is C13H21N3O3. The Labute approximate surface area is 113 Å². The van der Waals surface area contributed by atoms with Crippen molar-refractivity contribution in [3.05, 3.63) is 0 Å². The van der Waals surface area contributed by atoms with Crippen molar-refractivity contribution >= 4 is 11.8 Å². The van der Waals surface area contributed by atoms with Crippen molar-refractivity contribution in [3.8, 4) is 6.07 Å². The molecule has 0 saturated carbocycles. The minimum atomic E-state index is -0.221. The summed E-state index contributed by atoms with van der Waals surface area (Å²) in [5.74, 6) is 0.309. The SMILES string of the molecule is COCCC(=O)N1CCC(CNC(=O)CC#N)CC1. The van der Waals surface area contributed by atoms with E-state index in [0.29, 0.717) is 25.5 Å². The van der Waals surface area contributed by atoms with Gasteiger partial charge in [-0.2, -0.15) is 5.26 Å². The van der Waals surface area contributed by atoms with Crippen LogP contribution >= 0.6 is 0 Å². The fraction of sp³-hybridized carbons (Fsp3) is 0.769. The average molecular weight is 267 g/mol. The largest absolute Gasteiger partial charge is 0.384 e. The first kappa shape index (κ1) is 15.4. The van der Waals surface area contributed by atoms with Crippen LogP contribution < -0.4 is 5.32 Å². The van der Waals surface area contributed by atoms with E-state index >= 15 is 0 Å². The number of hydrogen-bond acceptors (Lipinski definition) is 4. The lowest BCUT2D eigenvalue weighted by Gasteiger charge is -2.32. The third-order valence-corrected chi connectivity index (χ3v) is 3.31. The molecule has 19 heavy (non-hydrogen) atoms. The van der Waals surface area contributed by atoms with Gasteiger partial charge in [0.2, 0.25) is 11.8 Å². The van der Waals surface area contributed by atoms with Gasteiger partial charge in [0.1, 0.15) is 6.42 Å². The quantitative estimate of drug-likeness (QED) is 0.750. The lowest BCUT2D eigenvalue weighted by Crippen LogP contribution is -2.41. The number of hydrogen-bond donors (Lipinski definition) is 1. The first-order valence-corrected chi connectivity index (χ1v) is 6.57. The van der Waals surface area contributed by atoms with E-state index in [9.17, 15) is 9.59 Å². The fourth-order valence-electron chi connectivity index (χ4n) is 2.13. The van der Waals surface area contributed by atoms with Crippen molar-refractivity contribution in [3.63, 3.8) is 0 Å². The second-order valence-corrected chi connectivity index (χ2v) is 4.71. The minimum absolute atomic E-state index is 0.0889. The van der Waals surface area contributed by atoms with Crippen LogP contribution in [0.25, 0.3) is 0 Å². The maximum absolute atomic E-state index is 11.8. The van der Waals surface area contributed by atoms with E-state index in [2.05, 4.69) is 5.32 Å². The van der Waals surface area contributed by atoms with Gasteiger partial charge in [-0.15, -0.1) is 0 Å². The monoisotopic (exact) mass is 267 g/mol. The first-order valence-electron chi connectivity index (χ1n) is 6.57. The van der Waals surface area contributed by atoms with Gasteiger partial charge in [-0.1, -0.05) is 0 Å². The third-order valence-electron chi connectivity index (χ3n) is 3.31. The predicted molar refractivity (Wildman–Crippen MR) is 69.0 cm³/mol. The van der Waals surface area contributed by atoms with Crippen LogP contribution in [-0.4, -0.2) is 50.1 Å². The molecule has 1 fully saturated rings. The Kier molecular flexibility index (Phi) is 6.90. The number of rotatable bonds is 6. The van der Waals surface area contributed by atoms with Crippen molar-refractivity contribution in [2.45, 2.75) is 25.7 Å². The normalized spacial score (nSPS) is 15.9. The zero-order chi connectivity index (χ0) is 14.1. The molecule has 106 valence electrons. The number of nitrogens with zero attached hydrogens (tertiary/aromatic N) is 2. The molecule has 1 aliphatic heterocycles. The molecule has 6 nitrogen and oxygen atoms in total. The summed E-state index contributed by atoms with van der Waals surface area (Å²) in [6.07, 6.45) is 2.13. The first-order chi connectivity index (χ1) is 9.17. The van der Waals surface area contributed by atoms with E-state index in [0.717, 1.165) is 25.9 Å². The number of likely N-dealkylation sites (tertiary alicyclic amines) is 1. The van der Waals surface area contributed by atoms with Gasteiger partial charge >= 0.3 is 0 Å². The molecule has 0 atom stereocenters. The Bertz CT molecular complexity index is 344. The zero-order valence-corrected chi connectivity index (χ0v) is 11.4. The third kappa shape index (κ3) is 5.71. The van der Waals surface area contributed by atoms with E-state index in [1.54, 1.807) is 7.11 Å². The predicted octanol–water partition coefficient (Wildman–Crippen LogP) is 0.291. The molecule has 1 rings (SSSR count). The second kappa shape index (κ2) is 8.48. The number of nitrogens with one attached hydrogen (secondary N) is 1. The zero-order valence-electron chi connectivity index (χ0n) is 11.4. The maximum Gasteiger partial charge on any atom is 0.234 e. The Morgan fingerprint density at radius 1 is 1.42 bits per heavy atom. The topological polar surface area (TPSA) is 82.4 Å². The summed E-state index contributed by atoms with van der Waals surface area (Å²) >= 11 is 0. The van der Waals surface area contributed by atoms with Crippen LogP contribution in [0.4, 0.5) is 0 Å². The molecule has 0 aromatic rings. The molecule has 1 aliphatic rings. The van der Waals surface area contributed by atoms with Gasteiger partial charge in [-0.3, -0.25) is 9.59 Å². The van der Waals surface area contributed by atoms with Crippen LogP contribution in [0.1, 0.15) is 25.7 Å². The molecule has 0 unspecified atom stereocenters. The van der Waals surface area contributed by atoms with Gasteiger partial charge in [0.25, 0.3) is 0 Å². The highest BCUT2D eigenvalue weighted by Gasteiger charge is 2.22. The molecular weight excluding hydrogens is 246 g/mol. The number of methoxy groups -OCH3 is 1.